The zero-order valence-corrected chi connectivity index (χ0v) is 18.4. The van der Waals surface area contributed by atoms with E-state index in [4.69, 9.17) is 9.47 Å². The van der Waals surface area contributed by atoms with Crippen LogP contribution in [0.3, 0.4) is 0 Å². The van der Waals surface area contributed by atoms with Crippen molar-refractivity contribution in [1.82, 2.24) is 0 Å². The molecule has 6 nitrogen and oxygen atoms in total. The van der Waals surface area contributed by atoms with Crippen molar-refractivity contribution in [3.63, 3.8) is 0 Å². The molecule has 0 N–H and O–H groups in total. The van der Waals surface area contributed by atoms with Gasteiger partial charge in [0.2, 0.25) is 0 Å². The minimum atomic E-state index is -1.56. The first-order valence-corrected chi connectivity index (χ1v) is 11.1. The van der Waals surface area contributed by atoms with Crippen molar-refractivity contribution in [2.45, 2.75) is 51.2 Å². The number of unbranched alkanes of at least 4 members (excludes halogenated alkanes) is 1. The normalized spacial score (nSPS) is 22.6. The van der Waals surface area contributed by atoms with Crippen LogP contribution >= 0.6 is 0 Å². The third-order valence-electron chi connectivity index (χ3n) is 6.00. The van der Waals surface area contributed by atoms with Crippen molar-refractivity contribution in [3.8, 4) is 0 Å². The van der Waals surface area contributed by atoms with Crippen molar-refractivity contribution in [3.05, 3.63) is 71.8 Å². The molecule has 2 aliphatic rings. The molecule has 4 rings (SSSR count). The highest BCUT2D eigenvalue weighted by Gasteiger charge is 2.65. The van der Waals surface area contributed by atoms with Crippen LogP contribution in [-0.2, 0) is 23.9 Å². The molecule has 32 heavy (non-hydrogen) atoms. The highest BCUT2D eigenvalue weighted by molar-refractivity contribution is 6.54. The number of ketones is 1. The number of nitrogens with zero attached hydrogens (tertiary/aromatic N) is 1. The van der Waals surface area contributed by atoms with Crippen molar-refractivity contribution in [1.29, 1.82) is 0 Å². The number of rotatable bonds is 7. The van der Waals surface area contributed by atoms with Gasteiger partial charge >= 0.3 is 11.9 Å². The number of carbonyl (C=O) groups is 3. The number of esters is 1. The number of para-hydroxylation sites is 1. The second-order valence-electron chi connectivity index (χ2n) is 8.04. The lowest BCUT2D eigenvalue weighted by atomic mass is 9.79. The third-order valence-corrected chi connectivity index (χ3v) is 6.00. The number of Topliss-reactive ketones (excluding diaryl/α,β-unsaturated/α-hetero) is 1. The molecular weight excluding hydrogens is 406 g/mol. The Morgan fingerprint density at radius 3 is 2.34 bits per heavy atom. The quantitative estimate of drug-likeness (QED) is 0.481. The van der Waals surface area contributed by atoms with Gasteiger partial charge in [0.15, 0.2) is 5.54 Å². The molecule has 0 saturated carbocycles. The molecule has 0 aliphatic carbocycles. The summed E-state index contributed by atoms with van der Waals surface area (Å²) in [5.41, 5.74) is -0.345. The van der Waals surface area contributed by atoms with E-state index in [2.05, 4.69) is 6.92 Å². The first-order chi connectivity index (χ1) is 15.5. The van der Waals surface area contributed by atoms with Crippen LogP contribution in [0.1, 0.15) is 45.1 Å². The number of anilines is 1. The molecule has 0 bridgehead atoms. The Bertz CT molecular complexity index is 1050. The number of hydrogen-bond acceptors (Lipinski definition) is 5. The molecule has 6 heteroatoms. The van der Waals surface area contributed by atoms with Crippen molar-refractivity contribution in [2.24, 2.45) is 0 Å². The molecule has 2 atom stereocenters. The van der Waals surface area contributed by atoms with Gasteiger partial charge in [-0.1, -0.05) is 68.3 Å². The summed E-state index contributed by atoms with van der Waals surface area (Å²) in [5, 5.41) is 0. The number of benzene rings is 2. The fourth-order valence-corrected chi connectivity index (χ4v) is 4.60. The standard InChI is InChI=1S/C26H27NO5/c1-3-5-16-20-17-26(25(30)31-4-2)21(23(32-20)18-12-8-6-9-13-18)22(28)24(29)27(26)19-14-10-7-11-15-19/h6-15,20H,3-5,16-17H2,1-2H3/t20-,26+/m0/s1. The molecule has 166 valence electrons. The Labute approximate surface area is 187 Å². The predicted molar refractivity (Wildman–Crippen MR) is 121 cm³/mol. The van der Waals surface area contributed by atoms with E-state index in [9.17, 15) is 14.4 Å². The number of hydrogen-bond donors (Lipinski definition) is 0. The molecule has 2 heterocycles. The lowest BCUT2D eigenvalue weighted by Gasteiger charge is -2.42. The van der Waals surface area contributed by atoms with Crippen LogP contribution in [0.5, 0.6) is 0 Å². The molecule has 2 aliphatic heterocycles. The summed E-state index contributed by atoms with van der Waals surface area (Å²) in [6.45, 7) is 3.94. The van der Waals surface area contributed by atoms with E-state index >= 15 is 0 Å². The summed E-state index contributed by atoms with van der Waals surface area (Å²) >= 11 is 0. The Balaban J connectivity index is 2.00. The fourth-order valence-electron chi connectivity index (χ4n) is 4.60. The van der Waals surface area contributed by atoms with Gasteiger partial charge in [-0.15, -0.1) is 0 Å². The Hall–Kier alpha value is -3.41. The summed E-state index contributed by atoms with van der Waals surface area (Å²) in [6, 6.07) is 18.0. The maximum absolute atomic E-state index is 13.6. The molecule has 0 unspecified atom stereocenters. The van der Waals surface area contributed by atoms with Gasteiger partial charge in [-0.2, -0.15) is 0 Å². The van der Waals surface area contributed by atoms with Crippen LogP contribution in [0.15, 0.2) is 66.2 Å². The minimum Gasteiger partial charge on any atom is -0.489 e. The van der Waals surface area contributed by atoms with E-state index in [1.807, 2.05) is 36.4 Å². The van der Waals surface area contributed by atoms with Gasteiger partial charge in [0, 0.05) is 17.7 Å². The molecule has 0 radical (unpaired) electrons. The van der Waals surface area contributed by atoms with Crippen LogP contribution < -0.4 is 4.90 Å². The molecule has 1 fully saturated rings. The molecule has 1 amide bonds. The van der Waals surface area contributed by atoms with E-state index in [0.717, 1.165) is 12.8 Å². The third kappa shape index (κ3) is 3.49. The maximum Gasteiger partial charge on any atom is 0.337 e. The SMILES string of the molecule is CCCC[C@H]1C[C@]2(C(=O)OCC)C(=C(c3ccccc3)O1)C(=O)C(=O)N2c1ccccc1. The molecule has 0 aromatic heterocycles. The van der Waals surface area contributed by atoms with Gasteiger partial charge in [0.25, 0.3) is 5.78 Å². The number of fused-ring (bicyclic) bond motifs is 1. The van der Waals surface area contributed by atoms with Crippen LogP contribution in [0, 0.1) is 0 Å². The van der Waals surface area contributed by atoms with Crippen molar-refractivity contribution >= 4 is 29.1 Å². The van der Waals surface area contributed by atoms with E-state index in [-0.39, 0.29) is 24.7 Å². The first kappa shape index (κ1) is 21.8. The van der Waals surface area contributed by atoms with E-state index < -0.39 is 23.2 Å². The van der Waals surface area contributed by atoms with E-state index in [1.165, 1.54) is 4.90 Å². The summed E-state index contributed by atoms with van der Waals surface area (Å²) in [7, 11) is 0. The fraction of sp³-hybridized carbons (Fsp3) is 0.346. The van der Waals surface area contributed by atoms with Gasteiger partial charge in [-0.3, -0.25) is 14.5 Å². The second kappa shape index (κ2) is 8.99. The Morgan fingerprint density at radius 1 is 1.06 bits per heavy atom. The Morgan fingerprint density at radius 2 is 1.72 bits per heavy atom. The molecular formula is C26H27NO5. The summed E-state index contributed by atoms with van der Waals surface area (Å²) in [6.07, 6.45) is 2.39. The molecule has 2 aromatic rings. The van der Waals surface area contributed by atoms with Crippen molar-refractivity contribution in [2.75, 3.05) is 11.5 Å². The van der Waals surface area contributed by atoms with Gasteiger partial charge in [-0.05, 0) is 25.5 Å². The summed E-state index contributed by atoms with van der Waals surface area (Å²) < 4.78 is 11.8. The topological polar surface area (TPSA) is 72.9 Å². The van der Waals surface area contributed by atoms with E-state index in [1.54, 1.807) is 31.2 Å². The minimum absolute atomic E-state index is 0.0729. The van der Waals surface area contributed by atoms with Gasteiger partial charge in [0.1, 0.15) is 11.9 Å². The second-order valence-corrected chi connectivity index (χ2v) is 8.04. The van der Waals surface area contributed by atoms with Crippen molar-refractivity contribution < 1.29 is 23.9 Å². The van der Waals surface area contributed by atoms with Crippen LogP contribution in [-0.4, -0.2) is 35.9 Å². The largest absolute Gasteiger partial charge is 0.489 e. The number of ether oxygens (including phenoxy) is 2. The Kier molecular flexibility index (Phi) is 6.12. The smallest absolute Gasteiger partial charge is 0.337 e. The maximum atomic E-state index is 13.6. The zero-order valence-electron chi connectivity index (χ0n) is 18.4. The van der Waals surface area contributed by atoms with Crippen LogP contribution in [0.25, 0.3) is 5.76 Å². The molecule has 0 spiro atoms. The van der Waals surface area contributed by atoms with Gasteiger partial charge in [0.05, 0.1) is 12.2 Å². The van der Waals surface area contributed by atoms with E-state index in [0.29, 0.717) is 23.4 Å². The van der Waals surface area contributed by atoms with Crippen LogP contribution in [0.2, 0.25) is 0 Å². The average molecular weight is 434 g/mol. The average Bonchev–Trinajstić information content (AvgIpc) is 3.06. The predicted octanol–water partition coefficient (Wildman–Crippen LogP) is 4.29. The summed E-state index contributed by atoms with van der Waals surface area (Å²) in [4.78, 5) is 41.7. The first-order valence-electron chi connectivity index (χ1n) is 11.1. The zero-order chi connectivity index (χ0) is 22.7. The van der Waals surface area contributed by atoms with Crippen LogP contribution in [0.4, 0.5) is 5.69 Å². The highest BCUT2D eigenvalue weighted by atomic mass is 16.5. The summed E-state index contributed by atoms with van der Waals surface area (Å²) in [5.74, 6) is -1.78. The molecule has 1 saturated heterocycles. The lowest BCUT2D eigenvalue weighted by Crippen LogP contribution is -2.57. The molecule has 2 aromatic carbocycles. The lowest BCUT2D eigenvalue weighted by molar-refractivity contribution is -0.150. The highest BCUT2D eigenvalue weighted by Crippen LogP contribution is 2.49. The number of amides is 1. The van der Waals surface area contributed by atoms with Gasteiger partial charge in [-0.25, -0.2) is 4.79 Å². The monoisotopic (exact) mass is 433 g/mol. The van der Waals surface area contributed by atoms with Gasteiger partial charge < -0.3 is 9.47 Å². The number of carbonyl (C=O) groups excluding carboxylic acids is 3.